The molecule has 0 bridgehead atoms. The highest BCUT2D eigenvalue weighted by molar-refractivity contribution is 5.94. The van der Waals surface area contributed by atoms with Crippen molar-refractivity contribution in [3.63, 3.8) is 0 Å². The van der Waals surface area contributed by atoms with Crippen molar-refractivity contribution in [2.75, 3.05) is 26.2 Å². The van der Waals surface area contributed by atoms with Crippen molar-refractivity contribution < 1.29 is 5.11 Å². The Morgan fingerprint density at radius 2 is 2.12 bits per heavy atom. The van der Waals surface area contributed by atoms with E-state index < -0.39 is 0 Å². The minimum Gasteiger partial charge on any atom is -0.395 e. The summed E-state index contributed by atoms with van der Waals surface area (Å²) < 4.78 is 2.28. The Kier molecular flexibility index (Phi) is 5.00. The number of fused-ring (bicyclic) bond motifs is 1. The van der Waals surface area contributed by atoms with E-state index in [4.69, 9.17) is 0 Å². The molecule has 1 N–H and O–H groups in total. The van der Waals surface area contributed by atoms with Gasteiger partial charge >= 0.3 is 0 Å². The van der Waals surface area contributed by atoms with E-state index in [1.165, 1.54) is 18.4 Å². The van der Waals surface area contributed by atoms with Crippen molar-refractivity contribution in [1.82, 2.24) is 19.4 Å². The van der Waals surface area contributed by atoms with Gasteiger partial charge in [-0.1, -0.05) is 18.2 Å². The molecule has 26 heavy (non-hydrogen) atoms. The Bertz CT molecular complexity index is 887. The van der Waals surface area contributed by atoms with E-state index in [0.29, 0.717) is 5.92 Å². The first-order valence-corrected chi connectivity index (χ1v) is 9.45. The van der Waals surface area contributed by atoms with Crippen LogP contribution in [-0.4, -0.2) is 50.8 Å². The third kappa shape index (κ3) is 3.37. The first-order chi connectivity index (χ1) is 12.8. The quantitative estimate of drug-likeness (QED) is 0.768. The molecule has 0 radical (unpaired) electrons. The van der Waals surface area contributed by atoms with E-state index in [1.54, 1.807) is 0 Å². The number of imidazole rings is 1. The first kappa shape index (κ1) is 17.2. The van der Waals surface area contributed by atoms with Gasteiger partial charge in [0.25, 0.3) is 0 Å². The molecule has 5 heteroatoms. The van der Waals surface area contributed by atoms with Crippen LogP contribution in [0.1, 0.15) is 18.4 Å². The van der Waals surface area contributed by atoms with E-state index >= 15 is 0 Å². The lowest BCUT2D eigenvalue weighted by Crippen LogP contribution is -2.38. The van der Waals surface area contributed by atoms with Crippen molar-refractivity contribution in [2.45, 2.75) is 26.3 Å². The number of β-amino-alcohol motifs (C(OH)–C–C–N with tert-alkyl or cyclic N) is 1. The molecular formula is C21H26N4O. The molecule has 1 aliphatic rings. The molecule has 0 spiro atoms. The lowest BCUT2D eigenvalue weighted by atomic mass is 9.97. The average molecular weight is 350 g/mol. The maximum absolute atomic E-state index is 9.21. The number of nitrogens with zero attached hydrogens (tertiary/aromatic N) is 4. The maximum Gasteiger partial charge on any atom is 0.140 e. The molecule has 4 rings (SSSR count). The summed E-state index contributed by atoms with van der Waals surface area (Å²) >= 11 is 0. The van der Waals surface area contributed by atoms with E-state index in [-0.39, 0.29) is 6.61 Å². The molecule has 1 atom stereocenters. The van der Waals surface area contributed by atoms with E-state index in [9.17, 15) is 5.11 Å². The largest absolute Gasteiger partial charge is 0.395 e. The summed E-state index contributed by atoms with van der Waals surface area (Å²) in [5.41, 5.74) is 3.38. The number of likely N-dealkylation sites (tertiary alicyclic amines) is 1. The van der Waals surface area contributed by atoms with Crippen LogP contribution in [0.2, 0.25) is 0 Å². The topological polar surface area (TPSA) is 54.2 Å². The predicted octanol–water partition coefficient (Wildman–Crippen LogP) is 3.11. The molecule has 136 valence electrons. The van der Waals surface area contributed by atoms with Crippen LogP contribution in [0.5, 0.6) is 0 Å². The Hall–Kier alpha value is -2.24. The summed E-state index contributed by atoms with van der Waals surface area (Å²) in [7, 11) is 0. The lowest BCUT2D eigenvalue weighted by Gasteiger charge is -2.32. The van der Waals surface area contributed by atoms with Crippen molar-refractivity contribution >= 4 is 10.9 Å². The number of piperidine rings is 1. The fraction of sp³-hybridized carbons (Fsp3) is 0.429. The number of aliphatic hydroxyl groups is 1. The molecule has 1 aromatic carbocycles. The number of hydrogen-bond acceptors (Lipinski definition) is 4. The molecule has 0 aliphatic carbocycles. The molecule has 1 unspecified atom stereocenters. The molecule has 1 aliphatic heterocycles. The number of benzene rings is 1. The second-order valence-corrected chi connectivity index (χ2v) is 7.27. The molecule has 0 saturated carbocycles. The van der Waals surface area contributed by atoms with Crippen LogP contribution in [0.25, 0.3) is 22.3 Å². The smallest absolute Gasteiger partial charge is 0.140 e. The number of aromatic nitrogens is 3. The predicted molar refractivity (Wildman–Crippen MR) is 104 cm³/mol. The third-order valence-corrected chi connectivity index (χ3v) is 5.40. The Morgan fingerprint density at radius 1 is 1.19 bits per heavy atom. The van der Waals surface area contributed by atoms with Gasteiger partial charge in [-0.05, 0) is 43.9 Å². The van der Waals surface area contributed by atoms with Crippen LogP contribution in [0.3, 0.4) is 0 Å². The molecule has 0 amide bonds. The highest BCUT2D eigenvalue weighted by Gasteiger charge is 2.21. The summed E-state index contributed by atoms with van der Waals surface area (Å²) in [5.74, 6) is 1.61. The van der Waals surface area contributed by atoms with Crippen molar-refractivity contribution in [2.24, 2.45) is 5.92 Å². The van der Waals surface area contributed by atoms with Gasteiger partial charge in [0, 0.05) is 49.2 Å². The fourth-order valence-corrected chi connectivity index (χ4v) is 4.13. The van der Waals surface area contributed by atoms with Gasteiger partial charge in [-0.25, -0.2) is 4.98 Å². The van der Waals surface area contributed by atoms with Gasteiger partial charge in [0.1, 0.15) is 5.82 Å². The third-order valence-electron chi connectivity index (χ3n) is 5.40. The van der Waals surface area contributed by atoms with Gasteiger partial charge in [-0.2, -0.15) is 0 Å². The highest BCUT2D eigenvalue weighted by Crippen LogP contribution is 2.29. The van der Waals surface area contributed by atoms with Gasteiger partial charge in [0.05, 0.1) is 12.1 Å². The van der Waals surface area contributed by atoms with Gasteiger partial charge in [0.15, 0.2) is 0 Å². The number of aryl methyl sites for hydroxylation is 1. The van der Waals surface area contributed by atoms with Crippen LogP contribution in [-0.2, 0) is 6.54 Å². The van der Waals surface area contributed by atoms with Crippen molar-refractivity contribution in [3.8, 4) is 11.4 Å². The van der Waals surface area contributed by atoms with Crippen LogP contribution in [0.15, 0.2) is 42.9 Å². The number of hydrogen-bond donors (Lipinski definition) is 1. The van der Waals surface area contributed by atoms with Crippen LogP contribution in [0, 0.1) is 12.8 Å². The zero-order valence-corrected chi connectivity index (χ0v) is 15.3. The summed E-state index contributed by atoms with van der Waals surface area (Å²) in [5, 5.41) is 10.4. The second-order valence-electron chi connectivity index (χ2n) is 7.27. The molecular weight excluding hydrogens is 324 g/mol. The number of pyridine rings is 1. The SMILES string of the molecule is Cc1ccc(-c2nccn2CC2CCCN(CCO)C2)c2cccnc12. The zero-order valence-electron chi connectivity index (χ0n) is 15.3. The van der Waals surface area contributed by atoms with Crippen LogP contribution < -0.4 is 0 Å². The summed E-state index contributed by atoms with van der Waals surface area (Å²) in [6, 6.07) is 8.42. The Balaban J connectivity index is 1.63. The normalized spacial score (nSPS) is 18.5. The van der Waals surface area contributed by atoms with Gasteiger partial charge < -0.3 is 14.6 Å². The number of rotatable bonds is 5. The minimum atomic E-state index is 0.241. The van der Waals surface area contributed by atoms with Crippen molar-refractivity contribution in [3.05, 3.63) is 48.4 Å². The summed E-state index contributed by atoms with van der Waals surface area (Å²) in [6.45, 7) is 6.24. The molecule has 2 aromatic heterocycles. The van der Waals surface area contributed by atoms with E-state index in [1.807, 2.05) is 18.5 Å². The first-order valence-electron chi connectivity index (χ1n) is 9.45. The maximum atomic E-state index is 9.21. The average Bonchev–Trinajstić information content (AvgIpc) is 3.11. The lowest BCUT2D eigenvalue weighted by molar-refractivity contribution is 0.132. The zero-order chi connectivity index (χ0) is 17.9. The van der Waals surface area contributed by atoms with Crippen molar-refractivity contribution in [1.29, 1.82) is 0 Å². The molecule has 1 fully saturated rings. The standard InChI is InChI=1S/C21H26N4O/c1-16-6-7-19(18-5-2-8-22-20(16)18)21-23-9-11-25(21)15-17-4-3-10-24(14-17)12-13-26/h2,5-9,11,17,26H,3-4,10,12-15H2,1H3. The fourth-order valence-electron chi connectivity index (χ4n) is 4.13. The highest BCUT2D eigenvalue weighted by atomic mass is 16.3. The van der Waals surface area contributed by atoms with Gasteiger partial charge in [-0.3, -0.25) is 4.98 Å². The molecule has 3 heterocycles. The summed E-state index contributed by atoms with van der Waals surface area (Å²) in [6.07, 6.45) is 8.26. The van der Waals surface area contributed by atoms with Gasteiger partial charge in [0.2, 0.25) is 0 Å². The monoisotopic (exact) mass is 350 g/mol. The Labute approximate surface area is 154 Å². The summed E-state index contributed by atoms with van der Waals surface area (Å²) in [4.78, 5) is 11.6. The second kappa shape index (κ2) is 7.56. The number of aliphatic hydroxyl groups excluding tert-OH is 1. The van der Waals surface area contributed by atoms with Crippen LogP contribution in [0.4, 0.5) is 0 Å². The van der Waals surface area contributed by atoms with Gasteiger partial charge in [-0.15, -0.1) is 0 Å². The van der Waals surface area contributed by atoms with Crippen LogP contribution >= 0.6 is 0 Å². The molecule has 1 saturated heterocycles. The Morgan fingerprint density at radius 3 is 3.00 bits per heavy atom. The van der Waals surface area contributed by atoms with E-state index in [0.717, 1.165) is 48.5 Å². The molecule has 5 nitrogen and oxygen atoms in total. The molecule has 3 aromatic rings. The minimum absolute atomic E-state index is 0.241. The van der Waals surface area contributed by atoms with E-state index in [2.05, 4.69) is 50.8 Å².